The summed E-state index contributed by atoms with van der Waals surface area (Å²) in [5.74, 6) is -0.486. The lowest BCUT2D eigenvalue weighted by Crippen LogP contribution is -2.39. The van der Waals surface area contributed by atoms with Crippen LogP contribution < -0.4 is 5.32 Å². The van der Waals surface area contributed by atoms with E-state index in [2.05, 4.69) is 5.32 Å². The molecule has 0 fully saturated rings. The van der Waals surface area contributed by atoms with Crippen molar-refractivity contribution in [1.29, 1.82) is 0 Å². The highest BCUT2D eigenvalue weighted by Crippen LogP contribution is 2.18. The Morgan fingerprint density at radius 2 is 1.50 bits per heavy atom. The third-order valence-electron chi connectivity index (χ3n) is 4.07. The smallest absolute Gasteiger partial charge is 0.243 e. The maximum absolute atomic E-state index is 12.5. The molecule has 1 N–H and O–H groups in total. The van der Waals surface area contributed by atoms with Gasteiger partial charge in [0.25, 0.3) is 0 Å². The Balaban J connectivity index is 2.03. The molecule has 152 valence electrons. The Bertz CT molecular complexity index is 1050. The number of amides is 1. The van der Waals surface area contributed by atoms with Gasteiger partial charge in [0.15, 0.2) is 9.84 Å². The quantitative estimate of drug-likeness (QED) is 0.705. The highest BCUT2D eigenvalue weighted by molar-refractivity contribution is 7.90. The van der Waals surface area contributed by atoms with Crippen LogP contribution in [-0.4, -0.2) is 46.9 Å². The molecule has 0 aliphatic heterocycles. The number of likely N-dealkylation sites (N-methyl/N-ethyl adjacent to an activating group) is 1. The Morgan fingerprint density at radius 3 is 2.00 bits per heavy atom. The van der Waals surface area contributed by atoms with Crippen LogP contribution in [0.5, 0.6) is 0 Å². The zero-order valence-electron chi connectivity index (χ0n) is 15.6. The second-order valence-electron chi connectivity index (χ2n) is 6.35. The van der Waals surface area contributed by atoms with Crippen LogP contribution in [-0.2, 0) is 24.7 Å². The van der Waals surface area contributed by atoms with Crippen LogP contribution in [0.25, 0.3) is 0 Å². The minimum absolute atomic E-state index is 0.0385. The summed E-state index contributed by atoms with van der Waals surface area (Å²) >= 11 is 5.77. The molecule has 0 bridgehead atoms. The fourth-order valence-corrected chi connectivity index (χ4v) is 4.33. The number of sulfone groups is 1. The highest BCUT2D eigenvalue weighted by atomic mass is 35.5. The maximum Gasteiger partial charge on any atom is 0.243 e. The SMILES string of the molecule is CC(NC(=O)CN(C)S(=O)(=O)c1ccc(Cl)cc1)c1ccc(S(C)(=O)=O)cc1. The molecule has 1 atom stereocenters. The van der Waals surface area contributed by atoms with E-state index in [-0.39, 0.29) is 16.3 Å². The number of hydrogen-bond donors (Lipinski definition) is 1. The van der Waals surface area contributed by atoms with E-state index in [1.165, 1.54) is 43.4 Å². The Kier molecular flexibility index (Phi) is 6.87. The standard InChI is InChI=1S/C18H21ClN2O5S2/c1-13(14-4-8-16(9-5-14)27(3,23)24)20-18(22)12-21(2)28(25,26)17-10-6-15(19)7-11-17/h4-11,13H,12H2,1-3H3,(H,20,22). The molecule has 0 spiro atoms. The van der Waals surface area contributed by atoms with Gasteiger partial charge < -0.3 is 5.32 Å². The first-order valence-corrected chi connectivity index (χ1v) is 11.9. The summed E-state index contributed by atoms with van der Waals surface area (Å²) in [7, 11) is -5.81. The fraction of sp³-hybridized carbons (Fsp3) is 0.278. The Labute approximate surface area is 170 Å². The summed E-state index contributed by atoms with van der Waals surface area (Å²) in [5, 5.41) is 3.11. The topological polar surface area (TPSA) is 101 Å². The lowest BCUT2D eigenvalue weighted by molar-refractivity contribution is -0.121. The van der Waals surface area contributed by atoms with E-state index < -0.39 is 31.8 Å². The normalized spacial score (nSPS) is 13.3. The van der Waals surface area contributed by atoms with Gasteiger partial charge in [-0.05, 0) is 48.9 Å². The van der Waals surface area contributed by atoms with Crippen LogP contribution in [0.1, 0.15) is 18.5 Å². The molecule has 1 unspecified atom stereocenters. The summed E-state index contributed by atoms with van der Waals surface area (Å²) in [5.41, 5.74) is 0.698. The molecule has 0 saturated carbocycles. The van der Waals surface area contributed by atoms with E-state index in [4.69, 9.17) is 11.6 Å². The molecular formula is C18H21ClN2O5S2. The number of carbonyl (C=O) groups is 1. The van der Waals surface area contributed by atoms with Gasteiger partial charge in [0.2, 0.25) is 15.9 Å². The van der Waals surface area contributed by atoms with Crippen molar-refractivity contribution in [3.05, 3.63) is 59.1 Å². The molecule has 2 rings (SSSR count). The van der Waals surface area contributed by atoms with Crippen molar-refractivity contribution < 1.29 is 21.6 Å². The second-order valence-corrected chi connectivity index (χ2v) is 10.8. The molecular weight excluding hydrogens is 424 g/mol. The average Bonchev–Trinajstić information content (AvgIpc) is 2.61. The Morgan fingerprint density at radius 1 is 1.00 bits per heavy atom. The van der Waals surface area contributed by atoms with E-state index in [1.807, 2.05) is 0 Å². The lowest BCUT2D eigenvalue weighted by Gasteiger charge is -2.19. The number of hydrogen-bond acceptors (Lipinski definition) is 5. The van der Waals surface area contributed by atoms with Crippen LogP contribution >= 0.6 is 11.6 Å². The molecule has 0 radical (unpaired) electrons. The van der Waals surface area contributed by atoms with Crippen molar-refractivity contribution in [3.63, 3.8) is 0 Å². The van der Waals surface area contributed by atoms with Gasteiger partial charge in [0.05, 0.1) is 22.4 Å². The van der Waals surface area contributed by atoms with Crippen molar-refractivity contribution >= 4 is 37.4 Å². The minimum Gasteiger partial charge on any atom is -0.348 e. The van der Waals surface area contributed by atoms with Gasteiger partial charge in [-0.15, -0.1) is 0 Å². The number of rotatable bonds is 7. The van der Waals surface area contributed by atoms with E-state index in [0.29, 0.717) is 10.6 Å². The van der Waals surface area contributed by atoms with Gasteiger partial charge in [-0.3, -0.25) is 4.79 Å². The van der Waals surface area contributed by atoms with Gasteiger partial charge in [0, 0.05) is 18.3 Å². The summed E-state index contributed by atoms with van der Waals surface area (Å²) in [4.78, 5) is 12.5. The van der Waals surface area contributed by atoms with Crippen LogP contribution in [0, 0.1) is 0 Å². The van der Waals surface area contributed by atoms with Crippen LogP contribution in [0.15, 0.2) is 58.3 Å². The molecule has 1 amide bonds. The van der Waals surface area contributed by atoms with Gasteiger partial charge in [0.1, 0.15) is 0 Å². The number of benzene rings is 2. The van der Waals surface area contributed by atoms with Crippen LogP contribution in [0.2, 0.25) is 5.02 Å². The lowest BCUT2D eigenvalue weighted by atomic mass is 10.1. The van der Waals surface area contributed by atoms with E-state index >= 15 is 0 Å². The summed E-state index contributed by atoms with van der Waals surface area (Å²) in [6, 6.07) is 11.4. The Hall–Kier alpha value is -1.94. The molecule has 2 aromatic carbocycles. The van der Waals surface area contributed by atoms with Crippen molar-refractivity contribution in [2.24, 2.45) is 0 Å². The summed E-state index contributed by atoms with van der Waals surface area (Å²) in [6.07, 6.45) is 1.12. The average molecular weight is 445 g/mol. The van der Waals surface area contributed by atoms with Crippen molar-refractivity contribution in [2.45, 2.75) is 22.8 Å². The molecule has 0 aliphatic rings. The first-order valence-electron chi connectivity index (χ1n) is 8.22. The first kappa shape index (κ1) is 22.4. The summed E-state index contributed by atoms with van der Waals surface area (Å²) < 4.78 is 49.0. The van der Waals surface area contributed by atoms with Gasteiger partial charge in [-0.1, -0.05) is 23.7 Å². The maximum atomic E-state index is 12.5. The molecule has 28 heavy (non-hydrogen) atoms. The van der Waals surface area contributed by atoms with Gasteiger partial charge in [-0.2, -0.15) is 4.31 Å². The number of halogens is 1. The highest BCUT2D eigenvalue weighted by Gasteiger charge is 2.23. The van der Waals surface area contributed by atoms with Crippen molar-refractivity contribution in [1.82, 2.24) is 9.62 Å². The molecule has 0 heterocycles. The largest absolute Gasteiger partial charge is 0.348 e. The van der Waals surface area contributed by atoms with E-state index in [1.54, 1.807) is 19.1 Å². The van der Waals surface area contributed by atoms with Gasteiger partial charge in [-0.25, -0.2) is 16.8 Å². The fourth-order valence-electron chi connectivity index (χ4n) is 2.45. The zero-order valence-corrected chi connectivity index (χ0v) is 18.0. The van der Waals surface area contributed by atoms with Gasteiger partial charge >= 0.3 is 0 Å². The van der Waals surface area contributed by atoms with Crippen LogP contribution in [0.4, 0.5) is 0 Å². The molecule has 10 heteroatoms. The molecule has 0 aliphatic carbocycles. The number of carbonyl (C=O) groups excluding carboxylic acids is 1. The van der Waals surface area contributed by atoms with E-state index in [9.17, 15) is 21.6 Å². The zero-order chi connectivity index (χ0) is 21.1. The third kappa shape index (κ3) is 5.54. The third-order valence-corrected chi connectivity index (χ3v) is 7.27. The molecule has 7 nitrogen and oxygen atoms in total. The molecule has 2 aromatic rings. The molecule has 0 aromatic heterocycles. The number of nitrogens with one attached hydrogen (secondary N) is 1. The minimum atomic E-state index is -3.83. The predicted octanol–water partition coefficient (Wildman–Crippen LogP) is 2.24. The monoisotopic (exact) mass is 444 g/mol. The number of nitrogens with zero attached hydrogens (tertiary/aromatic N) is 1. The van der Waals surface area contributed by atoms with Crippen molar-refractivity contribution in [3.8, 4) is 0 Å². The number of sulfonamides is 1. The first-order chi connectivity index (χ1) is 12.9. The molecule has 0 saturated heterocycles. The van der Waals surface area contributed by atoms with Crippen molar-refractivity contribution in [2.75, 3.05) is 19.8 Å². The van der Waals surface area contributed by atoms with Crippen LogP contribution in [0.3, 0.4) is 0 Å². The van der Waals surface area contributed by atoms with E-state index in [0.717, 1.165) is 10.6 Å². The second kappa shape index (κ2) is 8.60. The predicted molar refractivity (Wildman–Crippen MR) is 107 cm³/mol. The summed E-state index contributed by atoms with van der Waals surface area (Å²) in [6.45, 7) is 1.36.